The molecule has 3 heterocycles. The maximum atomic E-state index is 14.1. The van der Waals surface area contributed by atoms with E-state index in [9.17, 15) is 4.39 Å². The Morgan fingerprint density at radius 2 is 2.23 bits per heavy atom. The summed E-state index contributed by atoms with van der Waals surface area (Å²) >= 11 is 0. The molecule has 2 aromatic heterocycles. The van der Waals surface area contributed by atoms with Crippen molar-refractivity contribution in [1.82, 2.24) is 24.4 Å². The Balaban J connectivity index is 1.52. The number of aromatic nitrogens is 4. The largest absolute Gasteiger partial charge is 0.489 e. The molecule has 0 saturated carbocycles. The minimum Gasteiger partial charge on any atom is -0.489 e. The number of halogens is 1. The molecule has 1 aliphatic heterocycles. The molecule has 9 heteroatoms. The average Bonchev–Trinajstić information content (AvgIpc) is 3.42. The summed E-state index contributed by atoms with van der Waals surface area (Å²) in [5.74, 6) is 0.653. The van der Waals surface area contributed by atoms with E-state index in [0.717, 1.165) is 49.1 Å². The number of imidazole rings is 1. The van der Waals surface area contributed by atoms with Crippen LogP contribution in [0.1, 0.15) is 18.9 Å². The molecule has 4 rings (SSSR count). The quantitative estimate of drug-likeness (QED) is 0.588. The summed E-state index contributed by atoms with van der Waals surface area (Å²) in [5.41, 5.74) is 1.88. The first kappa shape index (κ1) is 20.2. The van der Waals surface area contributed by atoms with E-state index in [1.165, 1.54) is 10.9 Å². The molecule has 1 saturated heterocycles. The van der Waals surface area contributed by atoms with Gasteiger partial charge in [0.2, 0.25) is 5.95 Å². The smallest absolute Gasteiger partial charge is 0.229 e. The van der Waals surface area contributed by atoms with Gasteiger partial charge in [0.25, 0.3) is 0 Å². The normalized spacial score (nSPS) is 16.7. The lowest BCUT2D eigenvalue weighted by molar-refractivity contribution is 0.181. The van der Waals surface area contributed by atoms with Crippen molar-refractivity contribution in [2.24, 2.45) is 0 Å². The summed E-state index contributed by atoms with van der Waals surface area (Å²) < 4.78 is 21.8. The zero-order valence-electron chi connectivity index (χ0n) is 16.8. The van der Waals surface area contributed by atoms with Gasteiger partial charge >= 0.3 is 0 Å². The van der Waals surface area contributed by atoms with Crippen molar-refractivity contribution >= 4 is 11.6 Å². The van der Waals surface area contributed by atoms with Gasteiger partial charge in [0.1, 0.15) is 18.2 Å². The van der Waals surface area contributed by atoms with Crippen LogP contribution in [0.3, 0.4) is 0 Å². The first-order chi connectivity index (χ1) is 14.6. The van der Waals surface area contributed by atoms with Gasteiger partial charge in [0, 0.05) is 43.8 Å². The zero-order chi connectivity index (χ0) is 20.9. The number of anilines is 2. The standard InChI is InChI=1S/C21H25FN6O2/c1-2-15-9-16(11-18(10-15)30-17-3-5-27(13-17)7-8-29)25-21-24-12-19(22)20(26-21)28-6-4-23-14-28/h4,6,9-12,14,17,29H,2-3,5,7-8,13H2,1H3,(H,24,25,26). The minimum atomic E-state index is -0.529. The molecule has 0 radical (unpaired) electrons. The highest BCUT2D eigenvalue weighted by Crippen LogP contribution is 2.26. The highest BCUT2D eigenvalue weighted by atomic mass is 19.1. The molecule has 3 aromatic rings. The molecule has 1 fully saturated rings. The van der Waals surface area contributed by atoms with E-state index < -0.39 is 5.82 Å². The van der Waals surface area contributed by atoms with E-state index >= 15 is 0 Å². The van der Waals surface area contributed by atoms with E-state index in [-0.39, 0.29) is 24.5 Å². The number of hydrogen-bond donors (Lipinski definition) is 2. The zero-order valence-corrected chi connectivity index (χ0v) is 16.8. The predicted octanol–water partition coefficient (Wildman–Crippen LogP) is 2.55. The number of aliphatic hydroxyl groups excluding tert-OH is 1. The van der Waals surface area contributed by atoms with Crippen molar-refractivity contribution in [3.63, 3.8) is 0 Å². The van der Waals surface area contributed by atoms with Gasteiger partial charge in [-0.15, -0.1) is 0 Å². The average molecular weight is 412 g/mol. The first-order valence-corrected chi connectivity index (χ1v) is 10.1. The van der Waals surface area contributed by atoms with Crippen LogP contribution in [0, 0.1) is 5.82 Å². The lowest BCUT2D eigenvalue weighted by atomic mass is 10.1. The third kappa shape index (κ3) is 4.74. The fourth-order valence-corrected chi connectivity index (χ4v) is 3.55. The molecule has 1 aromatic carbocycles. The monoisotopic (exact) mass is 412 g/mol. The Morgan fingerprint density at radius 3 is 3.00 bits per heavy atom. The summed E-state index contributed by atoms with van der Waals surface area (Å²) in [7, 11) is 0. The van der Waals surface area contributed by atoms with Crippen LogP contribution >= 0.6 is 0 Å². The van der Waals surface area contributed by atoms with Crippen molar-refractivity contribution in [1.29, 1.82) is 0 Å². The molecule has 2 N–H and O–H groups in total. The van der Waals surface area contributed by atoms with Crippen molar-refractivity contribution in [3.8, 4) is 11.6 Å². The SMILES string of the molecule is CCc1cc(Nc2ncc(F)c(-n3ccnc3)n2)cc(OC2CCN(CCO)C2)c1. The van der Waals surface area contributed by atoms with E-state index in [2.05, 4.69) is 32.1 Å². The van der Waals surface area contributed by atoms with Crippen molar-refractivity contribution in [2.75, 3.05) is 31.6 Å². The number of aryl methyl sites for hydroxylation is 1. The van der Waals surface area contributed by atoms with Gasteiger partial charge in [-0.2, -0.15) is 4.98 Å². The third-order valence-corrected chi connectivity index (χ3v) is 5.05. The Bertz CT molecular complexity index is 982. The number of hydrogen-bond acceptors (Lipinski definition) is 7. The Kier molecular flexibility index (Phi) is 6.20. The Labute approximate surface area is 174 Å². The van der Waals surface area contributed by atoms with Gasteiger partial charge in [-0.25, -0.2) is 14.4 Å². The van der Waals surface area contributed by atoms with Crippen LogP contribution in [0.4, 0.5) is 16.0 Å². The predicted molar refractivity (Wildman–Crippen MR) is 111 cm³/mol. The van der Waals surface area contributed by atoms with Gasteiger partial charge in [-0.05, 0) is 30.5 Å². The fourth-order valence-electron chi connectivity index (χ4n) is 3.55. The molecule has 0 spiro atoms. The maximum absolute atomic E-state index is 14.1. The van der Waals surface area contributed by atoms with Crippen LogP contribution in [0.2, 0.25) is 0 Å². The van der Waals surface area contributed by atoms with Crippen molar-refractivity contribution in [2.45, 2.75) is 25.9 Å². The van der Waals surface area contributed by atoms with Gasteiger partial charge in [0.15, 0.2) is 11.6 Å². The summed E-state index contributed by atoms with van der Waals surface area (Å²) in [4.78, 5) is 14.5. The fraction of sp³-hybridized carbons (Fsp3) is 0.381. The molecule has 0 aliphatic carbocycles. The molecule has 1 unspecified atom stereocenters. The van der Waals surface area contributed by atoms with Crippen molar-refractivity contribution < 1.29 is 14.2 Å². The number of rotatable bonds is 8. The van der Waals surface area contributed by atoms with E-state index in [1.807, 2.05) is 18.2 Å². The van der Waals surface area contributed by atoms with Crippen LogP contribution in [-0.2, 0) is 6.42 Å². The van der Waals surface area contributed by atoms with Crippen LogP contribution < -0.4 is 10.1 Å². The van der Waals surface area contributed by atoms with Crippen LogP contribution in [0.15, 0.2) is 43.1 Å². The number of β-amino-alcohol motifs (C(OH)–C–C–N with tert-alkyl or cyclic N) is 1. The molecule has 1 aliphatic rings. The summed E-state index contributed by atoms with van der Waals surface area (Å²) in [6.45, 7) is 4.62. The third-order valence-electron chi connectivity index (χ3n) is 5.05. The number of aliphatic hydroxyl groups is 1. The second-order valence-electron chi connectivity index (χ2n) is 7.23. The molecule has 30 heavy (non-hydrogen) atoms. The molecule has 1 atom stereocenters. The summed E-state index contributed by atoms with van der Waals surface area (Å²) in [6.07, 6.45) is 7.67. The van der Waals surface area contributed by atoms with Crippen LogP contribution in [0.5, 0.6) is 5.75 Å². The Hall–Kier alpha value is -3.04. The second kappa shape index (κ2) is 9.19. The highest BCUT2D eigenvalue weighted by molar-refractivity contribution is 5.58. The number of ether oxygens (including phenoxy) is 1. The van der Waals surface area contributed by atoms with E-state index in [4.69, 9.17) is 9.84 Å². The molecule has 8 nitrogen and oxygen atoms in total. The van der Waals surface area contributed by atoms with Crippen LogP contribution in [-0.4, -0.2) is 61.9 Å². The molecule has 0 amide bonds. The second-order valence-corrected chi connectivity index (χ2v) is 7.23. The Morgan fingerprint density at radius 1 is 1.33 bits per heavy atom. The number of nitrogens with one attached hydrogen (secondary N) is 1. The van der Waals surface area contributed by atoms with Gasteiger partial charge in [0.05, 0.1) is 12.8 Å². The minimum absolute atomic E-state index is 0.0893. The summed E-state index contributed by atoms with van der Waals surface area (Å²) in [6, 6.07) is 5.93. The van der Waals surface area contributed by atoms with Gasteiger partial charge in [-0.3, -0.25) is 9.47 Å². The molecular weight excluding hydrogens is 387 g/mol. The number of benzene rings is 1. The van der Waals surface area contributed by atoms with Crippen molar-refractivity contribution in [3.05, 3.63) is 54.5 Å². The first-order valence-electron chi connectivity index (χ1n) is 10.1. The van der Waals surface area contributed by atoms with Gasteiger partial charge in [-0.1, -0.05) is 6.92 Å². The van der Waals surface area contributed by atoms with Gasteiger partial charge < -0.3 is 15.2 Å². The topological polar surface area (TPSA) is 88.3 Å². The molecular formula is C21H25FN6O2. The highest BCUT2D eigenvalue weighted by Gasteiger charge is 2.23. The lowest BCUT2D eigenvalue weighted by Crippen LogP contribution is -2.27. The maximum Gasteiger partial charge on any atom is 0.229 e. The van der Waals surface area contributed by atoms with Crippen LogP contribution in [0.25, 0.3) is 5.82 Å². The summed E-state index contributed by atoms with van der Waals surface area (Å²) in [5, 5.41) is 12.3. The molecule has 158 valence electrons. The number of likely N-dealkylation sites (tertiary alicyclic amines) is 1. The number of nitrogens with zero attached hydrogens (tertiary/aromatic N) is 5. The lowest BCUT2D eigenvalue weighted by Gasteiger charge is -2.17. The molecule has 0 bridgehead atoms. The van der Waals surface area contributed by atoms with E-state index in [1.54, 1.807) is 12.4 Å². The van der Waals surface area contributed by atoms with E-state index in [0.29, 0.717) is 6.54 Å².